The molecule has 0 unspecified atom stereocenters. The second-order valence-corrected chi connectivity index (χ2v) is 4.59. The smallest absolute Gasteiger partial charge is 0.206 e. The largest absolute Gasteiger partial charge is 0.362 e. The minimum absolute atomic E-state index is 0.622. The van der Waals surface area contributed by atoms with Crippen molar-refractivity contribution in [1.82, 2.24) is 15.3 Å². The lowest BCUT2D eigenvalue weighted by Gasteiger charge is -2.13. The fourth-order valence-electron chi connectivity index (χ4n) is 1.95. The molecule has 0 saturated carbocycles. The first-order valence-corrected chi connectivity index (χ1v) is 6.47. The van der Waals surface area contributed by atoms with Crippen LogP contribution in [-0.4, -0.2) is 21.6 Å². The van der Waals surface area contributed by atoms with Gasteiger partial charge in [-0.3, -0.25) is 0 Å². The first-order chi connectivity index (χ1) is 8.34. The monoisotopic (exact) mass is 250 g/mol. The van der Waals surface area contributed by atoms with Crippen LogP contribution in [0.2, 0.25) is 0 Å². The Kier molecular flexibility index (Phi) is 4.55. The number of allylic oxidation sites excluding steroid dienone is 1. The Bertz CT molecular complexity index is 383. The van der Waals surface area contributed by atoms with Crippen LogP contribution in [0.3, 0.4) is 0 Å². The minimum atomic E-state index is 0.622. The first-order valence-electron chi connectivity index (χ1n) is 6.07. The lowest BCUT2D eigenvalue weighted by atomic mass is 9.97. The summed E-state index contributed by atoms with van der Waals surface area (Å²) >= 11 is 5.17. The van der Waals surface area contributed by atoms with Crippen LogP contribution >= 0.6 is 12.2 Å². The summed E-state index contributed by atoms with van der Waals surface area (Å²) in [7, 11) is 0. The van der Waals surface area contributed by atoms with Crippen LogP contribution in [0.4, 0.5) is 5.95 Å². The van der Waals surface area contributed by atoms with E-state index in [0.717, 1.165) is 13.0 Å². The van der Waals surface area contributed by atoms with Crippen molar-refractivity contribution in [2.24, 2.45) is 0 Å². The molecule has 5 heteroatoms. The van der Waals surface area contributed by atoms with E-state index < -0.39 is 0 Å². The molecular weight excluding hydrogens is 232 g/mol. The van der Waals surface area contributed by atoms with E-state index in [1.54, 1.807) is 18.0 Å². The summed E-state index contributed by atoms with van der Waals surface area (Å²) in [5.41, 5.74) is 1.56. The molecule has 92 valence electrons. The molecule has 2 rings (SSSR count). The predicted molar refractivity (Wildman–Crippen MR) is 74.0 cm³/mol. The number of aromatic amines is 1. The molecule has 1 aromatic heterocycles. The number of aromatic nitrogens is 2. The maximum absolute atomic E-state index is 5.17. The number of anilines is 1. The third-order valence-corrected chi connectivity index (χ3v) is 3.09. The molecule has 0 spiro atoms. The van der Waals surface area contributed by atoms with Gasteiger partial charge in [0.05, 0.1) is 0 Å². The highest BCUT2D eigenvalue weighted by atomic mass is 32.1. The molecule has 1 aromatic rings. The zero-order chi connectivity index (χ0) is 11.9. The average Bonchev–Trinajstić information content (AvgIpc) is 2.83. The summed E-state index contributed by atoms with van der Waals surface area (Å²) < 4.78 is 0. The van der Waals surface area contributed by atoms with E-state index in [2.05, 4.69) is 26.7 Å². The highest BCUT2D eigenvalue weighted by Crippen LogP contribution is 2.19. The Morgan fingerprint density at radius 2 is 2.41 bits per heavy atom. The van der Waals surface area contributed by atoms with Crippen LogP contribution < -0.4 is 10.6 Å². The summed E-state index contributed by atoms with van der Waals surface area (Å²) in [6.45, 7) is 0.887. The Hall–Kier alpha value is -1.36. The van der Waals surface area contributed by atoms with Gasteiger partial charge in [-0.2, -0.15) is 0 Å². The molecule has 1 heterocycles. The topological polar surface area (TPSA) is 52.7 Å². The summed E-state index contributed by atoms with van der Waals surface area (Å²) in [5, 5.41) is 6.80. The molecular formula is C12H18N4S. The Labute approximate surface area is 107 Å². The highest BCUT2D eigenvalue weighted by molar-refractivity contribution is 7.80. The van der Waals surface area contributed by atoms with Crippen molar-refractivity contribution in [1.29, 1.82) is 0 Å². The van der Waals surface area contributed by atoms with Gasteiger partial charge in [0.2, 0.25) is 5.95 Å². The van der Waals surface area contributed by atoms with Crippen LogP contribution in [-0.2, 0) is 0 Å². The molecule has 1 aliphatic carbocycles. The summed E-state index contributed by atoms with van der Waals surface area (Å²) in [5.74, 6) is 0.680. The van der Waals surface area contributed by atoms with E-state index in [0.29, 0.717) is 11.1 Å². The van der Waals surface area contributed by atoms with Crippen LogP contribution in [0, 0.1) is 0 Å². The van der Waals surface area contributed by atoms with Crippen LogP contribution in [0.5, 0.6) is 0 Å². The SMILES string of the molecule is S=C(NCCC1=CCCCC1)Nc1ncc[nH]1. The Morgan fingerprint density at radius 1 is 1.47 bits per heavy atom. The van der Waals surface area contributed by atoms with Gasteiger partial charge >= 0.3 is 0 Å². The molecule has 0 bridgehead atoms. The quantitative estimate of drug-likeness (QED) is 0.568. The van der Waals surface area contributed by atoms with Crippen molar-refractivity contribution in [3.63, 3.8) is 0 Å². The van der Waals surface area contributed by atoms with Crippen molar-refractivity contribution in [3.8, 4) is 0 Å². The zero-order valence-corrected chi connectivity index (χ0v) is 10.6. The zero-order valence-electron chi connectivity index (χ0n) is 9.83. The number of hydrogen-bond donors (Lipinski definition) is 3. The standard InChI is InChI=1S/C12H18N4S/c17-12(16-11-13-8-9-14-11)15-7-6-10-4-2-1-3-5-10/h4,8-9H,1-3,5-7H2,(H3,13,14,15,16,17). The third-order valence-electron chi connectivity index (χ3n) is 2.85. The van der Waals surface area contributed by atoms with E-state index >= 15 is 0 Å². The molecule has 1 aliphatic rings. The van der Waals surface area contributed by atoms with Gasteiger partial charge in [-0.25, -0.2) is 4.98 Å². The maximum Gasteiger partial charge on any atom is 0.206 e. The first kappa shape index (κ1) is 12.1. The fourth-order valence-corrected chi connectivity index (χ4v) is 2.15. The fraction of sp³-hybridized carbons (Fsp3) is 0.500. The summed E-state index contributed by atoms with van der Waals surface area (Å²) in [6.07, 6.45) is 12.1. The van der Waals surface area contributed by atoms with Crippen LogP contribution in [0.25, 0.3) is 0 Å². The minimum Gasteiger partial charge on any atom is -0.362 e. The summed E-state index contributed by atoms with van der Waals surface area (Å²) in [6, 6.07) is 0. The van der Waals surface area contributed by atoms with Crippen molar-refractivity contribution >= 4 is 23.3 Å². The van der Waals surface area contributed by atoms with Crippen molar-refractivity contribution in [3.05, 3.63) is 24.0 Å². The number of imidazole rings is 1. The summed E-state index contributed by atoms with van der Waals surface area (Å²) in [4.78, 5) is 7.00. The van der Waals surface area contributed by atoms with Crippen molar-refractivity contribution < 1.29 is 0 Å². The Morgan fingerprint density at radius 3 is 3.12 bits per heavy atom. The molecule has 0 atom stereocenters. The number of nitrogens with zero attached hydrogens (tertiary/aromatic N) is 1. The van der Waals surface area contributed by atoms with Gasteiger partial charge in [0.15, 0.2) is 5.11 Å². The molecule has 0 aliphatic heterocycles. The number of nitrogens with one attached hydrogen (secondary N) is 3. The van der Waals surface area contributed by atoms with Gasteiger partial charge in [-0.05, 0) is 44.3 Å². The molecule has 4 nitrogen and oxygen atoms in total. The molecule has 0 radical (unpaired) electrons. The third kappa shape index (κ3) is 4.19. The van der Waals surface area contributed by atoms with Gasteiger partial charge < -0.3 is 15.6 Å². The van der Waals surface area contributed by atoms with Crippen LogP contribution in [0.15, 0.2) is 24.0 Å². The molecule has 0 aromatic carbocycles. The van der Waals surface area contributed by atoms with Gasteiger partial charge in [0, 0.05) is 18.9 Å². The number of rotatable bonds is 4. The van der Waals surface area contributed by atoms with Gasteiger partial charge in [-0.1, -0.05) is 11.6 Å². The van der Waals surface area contributed by atoms with Gasteiger partial charge in [0.1, 0.15) is 0 Å². The second-order valence-electron chi connectivity index (χ2n) is 4.18. The number of H-pyrrole nitrogens is 1. The van der Waals surface area contributed by atoms with E-state index in [1.165, 1.54) is 25.7 Å². The highest BCUT2D eigenvalue weighted by Gasteiger charge is 2.04. The van der Waals surface area contributed by atoms with Gasteiger partial charge in [0.25, 0.3) is 0 Å². The molecule has 0 amide bonds. The molecule has 17 heavy (non-hydrogen) atoms. The lowest BCUT2D eigenvalue weighted by Crippen LogP contribution is -2.29. The van der Waals surface area contributed by atoms with E-state index in [1.807, 2.05) is 0 Å². The average molecular weight is 250 g/mol. The second kappa shape index (κ2) is 6.39. The maximum atomic E-state index is 5.17. The Balaban J connectivity index is 1.64. The number of hydrogen-bond acceptors (Lipinski definition) is 2. The number of thiocarbonyl (C=S) groups is 1. The normalized spacial score (nSPS) is 15.2. The van der Waals surface area contributed by atoms with Gasteiger partial charge in [-0.15, -0.1) is 0 Å². The van der Waals surface area contributed by atoms with E-state index in [4.69, 9.17) is 12.2 Å². The lowest BCUT2D eigenvalue weighted by molar-refractivity contribution is 0.669. The molecule has 0 fully saturated rings. The predicted octanol–water partition coefficient (Wildman–Crippen LogP) is 2.59. The molecule has 3 N–H and O–H groups in total. The van der Waals surface area contributed by atoms with E-state index in [-0.39, 0.29) is 0 Å². The van der Waals surface area contributed by atoms with Crippen molar-refractivity contribution in [2.75, 3.05) is 11.9 Å². The molecule has 0 saturated heterocycles. The van der Waals surface area contributed by atoms with Crippen molar-refractivity contribution in [2.45, 2.75) is 32.1 Å². The van der Waals surface area contributed by atoms with E-state index in [9.17, 15) is 0 Å². The van der Waals surface area contributed by atoms with Crippen LogP contribution in [0.1, 0.15) is 32.1 Å².